The number of thiophene rings is 1. The van der Waals surface area contributed by atoms with Crippen LogP contribution in [0.4, 0.5) is 0 Å². The number of hydrogen-bond donors (Lipinski definition) is 1. The van der Waals surface area contributed by atoms with Crippen LogP contribution in [0.2, 0.25) is 0 Å². The zero-order valence-corrected chi connectivity index (χ0v) is 15.3. The molecule has 0 spiro atoms. The first-order chi connectivity index (χ1) is 10.2. The summed E-state index contributed by atoms with van der Waals surface area (Å²) in [6, 6.07) is 10.9. The molecule has 1 N–H and O–H groups in total. The van der Waals surface area contributed by atoms with E-state index in [1.54, 1.807) is 0 Å². The molecule has 114 valence electrons. The highest BCUT2D eigenvalue weighted by atomic mass is 79.9. The number of benzene rings is 1. The van der Waals surface area contributed by atoms with Crippen molar-refractivity contribution < 1.29 is 0 Å². The third-order valence-electron chi connectivity index (χ3n) is 3.79. The molecular formula is C18H24BrNS. The van der Waals surface area contributed by atoms with E-state index in [9.17, 15) is 0 Å². The van der Waals surface area contributed by atoms with Gasteiger partial charge in [0.1, 0.15) is 0 Å². The zero-order valence-electron chi connectivity index (χ0n) is 12.9. The fourth-order valence-electron chi connectivity index (χ4n) is 2.58. The number of halogens is 1. The van der Waals surface area contributed by atoms with Gasteiger partial charge in [0.2, 0.25) is 0 Å². The van der Waals surface area contributed by atoms with E-state index in [-0.39, 0.29) is 0 Å². The van der Waals surface area contributed by atoms with E-state index in [0.29, 0.717) is 5.92 Å². The van der Waals surface area contributed by atoms with Gasteiger partial charge in [-0.1, -0.05) is 31.2 Å². The minimum absolute atomic E-state index is 0.646. The van der Waals surface area contributed by atoms with Gasteiger partial charge in [0.05, 0.1) is 0 Å². The molecule has 0 saturated heterocycles. The second-order valence-corrected chi connectivity index (χ2v) is 7.45. The van der Waals surface area contributed by atoms with Crippen LogP contribution in [0.5, 0.6) is 0 Å². The van der Waals surface area contributed by atoms with Crippen molar-refractivity contribution >= 4 is 27.3 Å². The van der Waals surface area contributed by atoms with E-state index < -0.39 is 0 Å². The van der Waals surface area contributed by atoms with Crippen LogP contribution < -0.4 is 5.32 Å². The molecule has 1 aromatic carbocycles. The quantitative estimate of drug-likeness (QED) is 0.632. The molecule has 0 aliphatic rings. The van der Waals surface area contributed by atoms with E-state index in [1.807, 2.05) is 11.3 Å². The molecule has 21 heavy (non-hydrogen) atoms. The smallest absolute Gasteiger partial charge is 0.0314 e. The first kappa shape index (κ1) is 16.7. The minimum Gasteiger partial charge on any atom is -0.316 e. The predicted molar refractivity (Wildman–Crippen MR) is 97.3 cm³/mol. The number of rotatable bonds is 8. The molecule has 0 aliphatic heterocycles. The third kappa shape index (κ3) is 5.24. The normalized spacial score (nSPS) is 12.5. The van der Waals surface area contributed by atoms with E-state index in [2.05, 4.69) is 70.8 Å². The first-order valence-corrected chi connectivity index (χ1v) is 9.35. The highest BCUT2D eigenvalue weighted by molar-refractivity contribution is 9.10. The Balaban J connectivity index is 2.04. The molecule has 1 atom stereocenters. The molecule has 2 aromatic rings. The Morgan fingerprint density at radius 2 is 2.00 bits per heavy atom. The fraction of sp³-hybridized carbons (Fsp3) is 0.444. The van der Waals surface area contributed by atoms with E-state index in [4.69, 9.17) is 0 Å². The maximum Gasteiger partial charge on any atom is 0.0314 e. The van der Waals surface area contributed by atoms with E-state index in [1.165, 1.54) is 26.9 Å². The Morgan fingerprint density at radius 1 is 1.19 bits per heavy atom. The summed E-state index contributed by atoms with van der Waals surface area (Å²) in [5, 5.41) is 5.77. The van der Waals surface area contributed by atoms with Gasteiger partial charge in [0, 0.05) is 9.35 Å². The van der Waals surface area contributed by atoms with Crippen LogP contribution in [0, 0.1) is 12.8 Å². The van der Waals surface area contributed by atoms with Crippen LogP contribution in [0.1, 0.15) is 29.3 Å². The predicted octanol–water partition coefficient (Wildman–Crippen LogP) is 5.22. The highest BCUT2D eigenvalue weighted by Crippen LogP contribution is 2.27. The number of nitrogens with one attached hydrogen (secondary N) is 1. The van der Waals surface area contributed by atoms with Crippen molar-refractivity contribution in [2.24, 2.45) is 5.92 Å². The van der Waals surface area contributed by atoms with Gasteiger partial charge in [-0.25, -0.2) is 0 Å². The summed E-state index contributed by atoms with van der Waals surface area (Å²) in [6.07, 6.45) is 3.48. The zero-order chi connectivity index (χ0) is 15.1. The van der Waals surface area contributed by atoms with Crippen molar-refractivity contribution in [3.8, 4) is 0 Å². The Morgan fingerprint density at radius 3 is 2.67 bits per heavy atom. The van der Waals surface area contributed by atoms with E-state index in [0.717, 1.165) is 25.9 Å². The molecule has 3 heteroatoms. The Kier molecular flexibility index (Phi) is 6.94. The van der Waals surface area contributed by atoms with Gasteiger partial charge < -0.3 is 5.32 Å². The van der Waals surface area contributed by atoms with Crippen molar-refractivity contribution in [1.82, 2.24) is 5.32 Å². The van der Waals surface area contributed by atoms with Gasteiger partial charge in [-0.3, -0.25) is 0 Å². The summed E-state index contributed by atoms with van der Waals surface area (Å²) in [6.45, 7) is 6.63. The first-order valence-electron chi connectivity index (χ1n) is 7.67. The van der Waals surface area contributed by atoms with Gasteiger partial charge in [0.15, 0.2) is 0 Å². The lowest BCUT2D eigenvalue weighted by Crippen LogP contribution is -2.26. The van der Waals surface area contributed by atoms with Crippen LogP contribution >= 0.6 is 27.3 Å². The molecule has 1 nitrogen and oxygen atoms in total. The van der Waals surface area contributed by atoms with Crippen LogP contribution in [-0.2, 0) is 12.8 Å². The third-order valence-corrected chi connectivity index (χ3v) is 5.74. The van der Waals surface area contributed by atoms with Crippen LogP contribution in [0.25, 0.3) is 0 Å². The average molecular weight is 366 g/mol. The topological polar surface area (TPSA) is 12.0 Å². The van der Waals surface area contributed by atoms with Crippen LogP contribution in [0.3, 0.4) is 0 Å². The lowest BCUT2D eigenvalue weighted by Gasteiger charge is -2.18. The lowest BCUT2D eigenvalue weighted by molar-refractivity contribution is 0.472. The maximum atomic E-state index is 3.67. The largest absolute Gasteiger partial charge is 0.316 e. The van der Waals surface area contributed by atoms with Crippen molar-refractivity contribution in [3.05, 3.63) is 56.2 Å². The van der Waals surface area contributed by atoms with Gasteiger partial charge in [-0.15, -0.1) is 11.3 Å². The second-order valence-electron chi connectivity index (χ2n) is 5.60. The second kappa shape index (κ2) is 8.72. The number of hydrogen-bond acceptors (Lipinski definition) is 2. The molecule has 0 aliphatic carbocycles. The Labute approximate surface area is 140 Å². The SMILES string of the molecule is CCCNCC(Cc1ccccc1C)Cc1sccc1Br. The molecule has 1 aromatic heterocycles. The summed E-state index contributed by atoms with van der Waals surface area (Å²) in [5.41, 5.74) is 2.89. The molecule has 2 rings (SSSR count). The van der Waals surface area contributed by atoms with Crippen molar-refractivity contribution in [2.45, 2.75) is 33.1 Å². The minimum atomic E-state index is 0.646. The Hall–Kier alpha value is -0.640. The lowest BCUT2D eigenvalue weighted by atomic mass is 9.93. The van der Waals surface area contributed by atoms with Gasteiger partial charge in [-0.05, 0) is 83.7 Å². The van der Waals surface area contributed by atoms with E-state index >= 15 is 0 Å². The molecule has 0 fully saturated rings. The summed E-state index contributed by atoms with van der Waals surface area (Å²) in [5.74, 6) is 0.646. The molecule has 0 radical (unpaired) electrons. The molecule has 0 bridgehead atoms. The summed E-state index contributed by atoms with van der Waals surface area (Å²) < 4.78 is 1.26. The molecular weight excluding hydrogens is 342 g/mol. The van der Waals surface area contributed by atoms with Gasteiger partial charge >= 0.3 is 0 Å². The summed E-state index contributed by atoms with van der Waals surface area (Å²) >= 11 is 5.52. The van der Waals surface area contributed by atoms with Crippen molar-refractivity contribution in [3.63, 3.8) is 0 Å². The standard InChI is InChI=1S/C18H24BrNS/c1-3-9-20-13-15(12-18-17(19)8-10-21-18)11-16-7-5-4-6-14(16)2/h4-8,10,15,20H,3,9,11-13H2,1-2H3. The molecule has 0 saturated carbocycles. The highest BCUT2D eigenvalue weighted by Gasteiger charge is 2.14. The molecule has 0 amide bonds. The van der Waals surface area contributed by atoms with Crippen LogP contribution in [-0.4, -0.2) is 13.1 Å². The Bertz CT molecular complexity index is 550. The maximum absolute atomic E-state index is 3.67. The average Bonchev–Trinajstić information content (AvgIpc) is 2.87. The molecule has 1 unspecified atom stereocenters. The summed E-state index contributed by atoms with van der Waals surface area (Å²) in [7, 11) is 0. The van der Waals surface area contributed by atoms with Crippen molar-refractivity contribution in [2.75, 3.05) is 13.1 Å². The van der Waals surface area contributed by atoms with Crippen molar-refractivity contribution in [1.29, 1.82) is 0 Å². The van der Waals surface area contributed by atoms with Gasteiger partial charge in [0.25, 0.3) is 0 Å². The fourth-order valence-corrected chi connectivity index (χ4v) is 4.21. The molecule has 1 heterocycles. The summed E-state index contributed by atoms with van der Waals surface area (Å²) in [4.78, 5) is 1.46. The van der Waals surface area contributed by atoms with Crippen LogP contribution in [0.15, 0.2) is 40.2 Å². The number of aryl methyl sites for hydroxylation is 1. The van der Waals surface area contributed by atoms with Gasteiger partial charge in [-0.2, -0.15) is 0 Å². The monoisotopic (exact) mass is 365 g/mol.